The third kappa shape index (κ3) is 7.04. The van der Waals surface area contributed by atoms with Crippen LogP contribution in [0.1, 0.15) is 54.4 Å². The van der Waals surface area contributed by atoms with Crippen molar-refractivity contribution in [2.24, 2.45) is 0 Å². The molecule has 3 rings (SSSR count). The van der Waals surface area contributed by atoms with Gasteiger partial charge in [-0.25, -0.2) is 4.68 Å². The maximum Gasteiger partial charge on any atom is 0.254 e. The molecule has 0 bridgehead atoms. The summed E-state index contributed by atoms with van der Waals surface area (Å²) in [5, 5.41) is 7.84. The predicted octanol–water partition coefficient (Wildman–Crippen LogP) is 5.67. The van der Waals surface area contributed by atoms with Gasteiger partial charge in [0.15, 0.2) is 0 Å². The summed E-state index contributed by atoms with van der Waals surface area (Å²) in [4.78, 5) is 28.0. The molecular weight excluding hydrogens is 520 g/mol. The van der Waals surface area contributed by atoms with Gasteiger partial charge in [-0.05, 0) is 56.2 Å². The van der Waals surface area contributed by atoms with Crippen LogP contribution in [0.25, 0.3) is 5.69 Å². The fourth-order valence-electron chi connectivity index (χ4n) is 3.85. The van der Waals surface area contributed by atoms with E-state index in [1.54, 1.807) is 28.8 Å². The number of ether oxygens (including phenoxy) is 1. The van der Waals surface area contributed by atoms with E-state index in [1.165, 1.54) is 0 Å². The number of halogens is 1. The Morgan fingerprint density at radius 3 is 2.39 bits per heavy atom. The number of benzene rings is 2. The van der Waals surface area contributed by atoms with Gasteiger partial charge in [-0.1, -0.05) is 54.4 Å². The Labute approximate surface area is 222 Å². The van der Waals surface area contributed by atoms with E-state index in [4.69, 9.17) is 9.84 Å². The van der Waals surface area contributed by atoms with Crippen LogP contribution in [0.4, 0.5) is 5.82 Å². The summed E-state index contributed by atoms with van der Waals surface area (Å²) in [5.41, 5.74) is 4.30. The zero-order valence-electron chi connectivity index (χ0n) is 21.9. The molecule has 1 aromatic heterocycles. The molecule has 0 unspecified atom stereocenters. The maximum absolute atomic E-state index is 13.2. The number of aromatic nitrogens is 2. The largest absolute Gasteiger partial charge is 0.385 e. The van der Waals surface area contributed by atoms with Crippen molar-refractivity contribution in [3.63, 3.8) is 0 Å². The Kier molecular flexibility index (Phi) is 9.08. The number of nitrogens with zero attached hydrogens (tertiary/aromatic N) is 3. The van der Waals surface area contributed by atoms with Gasteiger partial charge >= 0.3 is 0 Å². The molecule has 2 aromatic carbocycles. The molecule has 0 aliphatic carbocycles. The average Bonchev–Trinajstić information content (AvgIpc) is 3.22. The number of hydrogen-bond acceptors (Lipinski definition) is 4. The molecule has 0 fully saturated rings. The molecule has 7 nitrogen and oxygen atoms in total. The minimum Gasteiger partial charge on any atom is -0.385 e. The van der Waals surface area contributed by atoms with Gasteiger partial charge in [0.2, 0.25) is 5.91 Å². The Morgan fingerprint density at radius 2 is 1.78 bits per heavy atom. The van der Waals surface area contributed by atoms with Crippen molar-refractivity contribution in [3.05, 3.63) is 75.4 Å². The number of carbonyl (C=O) groups excluding carboxylic acids is 2. The zero-order chi connectivity index (χ0) is 26.5. The number of nitrogens with one attached hydrogen (secondary N) is 1. The van der Waals surface area contributed by atoms with Gasteiger partial charge < -0.3 is 15.0 Å². The van der Waals surface area contributed by atoms with Crippen LogP contribution in [-0.4, -0.2) is 53.3 Å². The smallest absolute Gasteiger partial charge is 0.254 e. The molecule has 0 saturated carbocycles. The highest BCUT2D eigenvalue weighted by atomic mass is 79.9. The molecule has 192 valence electrons. The fourth-order valence-corrected chi connectivity index (χ4v) is 4.11. The summed E-state index contributed by atoms with van der Waals surface area (Å²) >= 11 is 3.40. The number of carbonyl (C=O) groups is 2. The first-order valence-corrected chi connectivity index (χ1v) is 12.8. The van der Waals surface area contributed by atoms with Crippen molar-refractivity contribution in [3.8, 4) is 5.69 Å². The molecule has 1 heterocycles. The first kappa shape index (κ1) is 27.6. The third-order valence-corrected chi connectivity index (χ3v) is 6.34. The highest BCUT2D eigenvalue weighted by Crippen LogP contribution is 2.28. The summed E-state index contributed by atoms with van der Waals surface area (Å²) in [6.07, 6.45) is 0.626. The van der Waals surface area contributed by atoms with Gasteiger partial charge in [0.25, 0.3) is 5.91 Å². The van der Waals surface area contributed by atoms with Crippen LogP contribution in [0.5, 0.6) is 0 Å². The lowest BCUT2D eigenvalue weighted by atomic mass is 9.92. The Hall–Kier alpha value is -2.97. The van der Waals surface area contributed by atoms with E-state index in [1.807, 2.05) is 44.2 Å². The van der Waals surface area contributed by atoms with E-state index in [9.17, 15) is 9.59 Å². The van der Waals surface area contributed by atoms with Crippen molar-refractivity contribution >= 4 is 33.6 Å². The summed E-state index contributed by atoms with van der Waals surface area (Å²) in [5.74, 6) is 0.0843. The van der Waals surface area contributed by atoms with E-state index < -0.39 is 0 Å². The monoisotopic (exact) mass is 554 g/mol. The Balaban J connectivity index is 1.87. The second kappa shape index (κ2) is 11.8. The minimum absolute atomic E-state index is 0.0818. The summed E-state index contributed by atoms with van der Waals surface area (Å²) in [6, 6.07) is 15.2. The van der Waals surface area contributed by atoms with Crippen LogP contribution in [-0.2, 0) is 14.9 Å². The minimum atomic E-state index is -0.288. The second-order valence-electron chi connectivity index (χ2n) is 9.99. The molecule has 36 heavy (non-hydrogen) atoms. The van der Waals surface area contributed by atoms with E-state index >= 15 is 0 Å². The van der Waals surface area contributed by atoms with Crippen LogP contribution in [0, 0.1) is 13.8 Å². The lowest BCUT2D eigenvalue weighted by Gasteiger charge is -2.22. The molecule has 0 aliphatic rings. The van der Waals surface area contributed by atoms with Crippen LogP contribution in [0.2, 0.25) is 0 Å². The van der Waals surface area contributed by atoms with Crippen molar-refractivity contribution in [1.29, 1.82) is 0 Å². The number of amides is 2. The standard InChI is InChI=1S/C28H35BrN4O3/c1-19-8-13-23(20(2)16-19)33-25(17-24(31-33)28(3,4)5)30-26(34)18-32(14-7-15-36-6)27(35)21-9-11-22(29)12-10-21/h8-13,16-17H,7,14-15,18H2,1-6H3,(H,30,34). The summed E-state index contributed by atoms with van der Waals surface area (Å²) in [7, 11) is 1.62. The second-order valence-corrected chi connectivity index (χ2v) is 10.9. The lowest BCUT2D eigenvalue weighted by Crippen LogP contribution is -2.39. The predicted molar refractivity (Wildman–Crippen MR) is 147 cm³/mol. The molecule has 3 aromatic rings. The van der Waals surface area contributed by atoms with Gasteiger partial charge in [-0.15, -0.1) is 0 Å². The number of aryl methyl sites for hydroxylation is 2. The normalized spacial score (nSPS) is 11.4. The van der Waals surface area contributed by atoms with E-state index in [0.717, 1.165) is 27.0 Å². The van der Waals surface area contributed by atoms with Gasteiger partial charge in [0, 0.05) is 41.8 Å². The molecule has 0 radical (unpaired) electrons. The molecule has 1 N–H and O–H groups in total. The summed E-state index contributed by atoms with van der Waals surface area (Å²) in [6.45, 7) is 11.1. The van der Waals surface area contributed by atoms with Crippen molar-refractivity contribution in [1.82, 2.24) is 14.7 Å². The van der Waals surface area contributed by atoms with Crippen LogP contribution >= 0.6 is 15.9 Å². The SMILES string of the molecule is COCCCN(CC(=O)Nc1cc(C(C)(C)C)nn1-c1ccc(C)cc1C)C(=O)c1ccc(Br)cc1. The van der Waals surface area contributed by atoms with Crippen LogP contribution < -0.4 is 5.32 Å². The number of anilines is 1. The van der Waals surface area contributed by atoms with Gasteiger partial charge in [0.05, 0.1) is 11.4 Å². The van der Waals surface area contributed by atoms with Gasteiger partial charge in [-0.3, -0.25) is 9.59 Å². The third-order valence-electron chi connectivity index (χ3n) is 5.82. The molecule has 0 aliphatic heterocycles. The molecule has 0 spiro atoms. The maximum atomic E-state index is 13.2. The van der Waals surface area contributed by atoms with Crippen LogP contribution in [0.15, 0.2) is 53.0 Å². The van der Waals surface area contributed by atoms with Gasteiger partial charge in [-0.2, -0.15) is 5.10 Å². The van der Waals surface area contributed by atoms with E-state index in [-0.39, 0.29) is 23.8 Å². The molecule has 0 atom stereocenters. The quantitative estimate of drug-likeness (QED) is 0.346. The Morgan fingerprint density at radius 1 is 1.08 bits per heavy atom. The number of rotatable bonds is 9. The first-order chi connectivity index (χ1) is 17.0. The number of hydrogen-bond donors (Lipinski definition) is 1. The summed E-state index contributed by atoms with van der Waals surface area (Å²) < 4.78 is 7.82. The first-order valence-electron chi connectivity index (χ1n) is 12.0. The molecular formula is C28H35BrN4O3. The van der Waals surface area contributed by atoms with E-state index in [0.29, 0.717) is 31.0 Å². The topological polar surface area (TPSA) is 76.5 Å². The highest BCUT2D eigenvalue weighted by Gasteiger charge is 2.24. The van der Waals surface area contributed by atoms with Gasteiger partial charge in [0.1, 0.15) is 12.4 Å². The average molecular weight is 556 g/mol. The van der Waals surface area contributed by atoms with Crippen LogP contribution in [0.3, 0.4) is 0 Å². The zero-order valence-corrected chi connectivity index (χ0v) is 23.5. The highest BCUT2D eigenvalue weighted by molar-refractivity contribution is 9.10. The van der Waals surface area contributed by atoms with Crippen molar-refractivity contribution in [2.45, 2.75) is 46.5 Å². The lowest BCUT2D eigenvalue weighted by molar-refractivity contribution is -0.117. The molecule has 2 amide bonds. The van der Waals surface area contributed by atoms with Crippen molar-refractivity contribution in [2.75, 3.05) is 32.1 Å². The van der Waals surface area contributed by atoms with E-state index in [2.05, 4.69) is 48.1 Å². The fraction of sp³-hybridized carbons (Fsp3) is 0.393. The van der Waals surface area contributed by atoms with Crippen molar-refractivity contribution < 1.29 is 14.3 Å². The Bertz CT molecular complexity index is 1210. The number of methoxy groups -OCH3 is 1. The molecule has 8 heteroatoms. The molecule has 0 saturated heterocycles.